The highest BCUT2D eigenvalue weighted by atomic mass is 35.5. The predicted molar refractivity (Wildman–Crippen MR) is 106 cm³/mol. The minimum absolute atomic E-state index is 0.00841. The van der Waals surface area contributed by atoms with Gasteiger partial charge in [-0.1, -0.05) is 47.5 Å². The molecule has 6 heteroatoms. The van der Waals surface area contributed by atoms with E-state index in [9.17, 15) is 9.59 Å². The summed E-state index contributed by atoms with van der Waals surface area (Å²) in [6.07, 6.45) is 1.04. The van der Waals surface area contributed by atoms with Gasteiger partial charge in [0, 0.05) is 36.6 Å². The highest BCUT2D eigenvalue weighted by molar-refractivity contribution is 6.30. The maximum absolute atomic E-state index is 12.0. The SMILES string of the molecule is CC(=O)N(CCNC(=O)Cc1ccc(Cl)cc1)CCc1ccc(Cl)cc1. The number of nitrogens with one attached hydrogen (secondary N) is 1. The molecular weight excluding hydrogens is 371 g/mol. The topological polar surface area (TPSA) is 49.4 Å². The van der Waals surface area contributed by atoms with Crippen molar-refractivity contribution in [1.82, 2.24) is 10.2 Å². The Morgan fingerprint density at radius 3 is 1.96 bits per heavy atom. The van der Waals surface area contributed by atoms with Crippen LogP contribution in [0.3, 0.4) is 0 Å². The number of benzene rings is 2. The van der Waals surface area contributed by atoms with Crippen LogP contribution < -0.4 is 5.32 Å². The fourth-order valence-corrected chi connectivity index (χ4v) is 2.77. The van der Waals surface area contributed by atoms with Gasteiger partial charge < -0.3 is 10.2 Å². The molecule has 0 aliphatic heterocycles. The number of hydrogen-bond acceptors (Lipinski definition) is 2. The van der Waals surface area contributed by atoms with Gasteiger partial charge >= 0.3 is 0 Å². The first-order chi connectivity index (χ1) is 12.4. The van der Waals surface area contributed by atoms with Crippen molar-refractivity contribution in [3.05, 3.63) is 69.7 Å². The maximum atomic E-state index is 12.0. The van der Waals surface area contributed by atoms with E-state index in [4.69, 9.17) is 23.2 Å². The first-order valence-electron chi connectivity index (χ1n) is 8.45. The molecule has 0 radical (unpaired) electrons. The summed E-state index contributed by atoms with van der Waals surface area (Å²) in [5, 5.41) is 4.19. The number of rotatable bonds is 8. The van der Waals surface area contributed by atoms with Crippen molar-refractivity contribution in [3.8, 4) is 0 Å². The third-order valence-corrected chi connectivity index (χ3v) is 4.51. The fraction of sp³-hybridized carbons (Fsp3) is 0.300. The first kappa shape index (κ1) is 20.3. The molecule has 0 aliphatic carbocycles. The largest absolute Gasteiger partial charge is 0.354 e. The van der Waals surface area contributed by atoms with Crippen LogP contribution in [0, 0.1) is 0 Å². The average Bonchev–Trinajstić information content (AvgIpc) is 2.61. The summed E-state index contributed by atoms with van der Waals surface area (Å²) in [6.45, 7) is 3.04. The van der Waals surface area contributed by atoms with Crippen LogP contribution in [0.15, 0.2) is 48.5 Å². The van der Waals surface area contributed by atoms with Gasteiger partial charge in [-0.2, -0.15) is 0 Å². The number of amides is 2. The summed E-state index contributed by atoms with van der Waals surface area (Å²) in [6, 6.07) is 14.8. The smallest absolute Gasteiger partial charge is 0.224 e. The molecule has 0 atom stereocenters. The van der Waals surface area contributed by atoms with Gasteiger partial charge in [0.05, 0.1) is 6.42 Å². The Bertz CT molecular complexity index is 730. The molecule has 4 nitrogen and oxygen atoms in total. The van der Waals surface area contributed by atoms with Crippen molar-refractivity contribution in [2.24, 2.45) is 0 Å². The van der Waals surface area contributed by atoms with Crippen LogP contribution in [0.1, 0.15) is 18.1 Å². The third-order valence-electron chi connectivity index (χ3n) is 4.01. The second-order valence-corrected chi connectivity index (χ2v) is 6.91. The Labute approximate surface area is 164 Å². The number of hydrogen-bond donors (Lipinski definition) is 1. The van der Waals surface area contributed by atoms with Crippen LogP contribution in [-0.2, 0) is 22.4 Å². The molecule has 2 rings (SSSR count). The quantitative estimate of drug-likeness (QED) is 0.743. The third kappa shape index (κ3) is 7.06. The Kier molecular flexibility index (Phi) is 7.95. The second-order valence-electron chi connectivity index (χ2n) is 6.04. The molecule has 0 saturated heterocycles. The predicted octanol–water partition coefficient (Wildman–Crippen LogP) is 3.74. The molecule has 2 amide bonds. The van der Waals surface area contributed by atoms with Gasteiger partial charge in [0.1, 0.15) is 0 Å². The number of halogens is 2. The molecule has 2 aromatic rings. The standard InChI is InChI=1S/C20H22Cl2N2O2/c1-15(25)24(12-10-16-2-6-18(21)7-3-16)13-11-23-20(26)14-17-4-8-19(22)9-5-17/h2-9H,10-14H2,1H3,(H,23,26). The summed E-state index contributed by atoms with van der Waals surface area (Å²) < 4.78 is 0. The van der Waals surface area contributed by atoms with E-state index < -0.39 is 0 Å². The highest BCUT2D eigenvalue weighted by Crippen LogP contribution is 2.11. The van der Waals surface area contributed by atoms with E-state index in [-0.39, 0.29) is 11.8 Å². The Hall–Kier alpha value is -2.04. The van der Waals surface area contributed by atoms with Crippen LogP contribution in [0.2, 0.25) is 10.0 Å². The van der Waals surface area contributed by atoms with Crippen molar-refractivity contribution >= 4 is 35.0 Å². The summed E-state index contributed by atoms with van der Waals surface area (Å²) in [7, 11) is 0. The van der Waals surface area contributed by atoms with Gasteiger partial charge in [0.2, 0.25) is 11.8 Å². The molecule has 0 bridgehead atoms. The van der Waals surface area contributed by atoms with Gasteiger partial charge in [-0.3, -0.25) is 9.59 Å². The van der Waals surface area contributed by atoms with Gasteiger partial charge in [-0.05, 0) is 41.8 Å². The molecule has 0 aromatic heterocycles. The normalized spacial score (nSPS) is 10.4. The van der Waals surface area contributed by atoms with Crippen LogP contribution in [0.25, 0.3) is 0 Å². The molecule has 0 spiro atoms. The van der Waals surface area contributed by atoms with Crippen molar-refractivity contribution in [3.63, 3.8) is 0 Å². The molecule has 0 heterocycles. The van der Waals surface area contributed by atoms with E-state index in [0.29, 0.717) is 36.1 Å². The summed E-state index contributed by atoms with van der Waals surface area (Å²) in [5.74, 6) is -0.0839. The van der Waals surface area contributed by atoms with E-state index in [1.54, 1.807) is 17.0 Å². The molecule has 26 heavy (non-hydrogen) atoms. The summed E-state index contributed by atoms with van der Waals surface area (Å²) in [5.41, 5.74) is 2.02. The zero-order valence-electron chi connectivity index (χ0n) is 14.7. The lowest BCUT2D eigenvalue weighted by atomic mass is 10.1. The summed E-state index contributed by atoms with van der Waals surface area (Å²) >= 11 is 11.7. The van der Waals surface area contributed by atoms with Crippen molar-refractivity contribution < 1.29 is 9.59 Å². The Morgan fingerprint density at radius 2 is 1.42 bits per heavy atom. The van der Waals surface area contributed by atoms with Crippen LogP contribution >= 0.6 is 23.2 Å². The van der Waals surface area contributed by atoms with Crippen LogP contribution in [0.4, 0.5) is 0 Å². The van der Waals surface area contributed by atoms with E-state index in [0.717, 1.165) is 17.5 Å². The second kappa shape index (κ2) is 10.2. The van der Waals surface area contributed by atoms with Gasteiger partial charge in [-0.15, -0.1) is 0 Å². The fourth-order valence-electron chi connectivity index (χ4n) is 2.52. The minimum Gasteiger partial charge on any atom is -0.354 e. The molecule has 2 aromatic carbocycles. The lowest BCUT2D eigenvalue weighted by Crippen LogP contribution is -2.39. The number of nitrogens with zero attached hydrogens (tertiary/aromatic N) is 1. The zero-order chi connectivity index (χ0) is 18.9. The van der Waals surface area contributed by atoms with Crippen LogP contribution in [-0.4, -0.2) is 36.3 Å². The summed E-state index contributed by atoms with van der Waals surface area (Å²) in [4.78, 5) is 25.5. The van der Waals surface area contributed by atoms with E-state index in [2.05, 4.69) is 5.32 Å². The van der Waals surface area contributed by atoms with E-state index in [1.807, 2.05) is 36.4 Å². The van der Waals surface area contributed by atoms with Crippen LogP contribution in [0.5, 0.6) is 0 Å². The lowest BCUT2D eigenvalue weighted by Gasteiger charge is -2.21. The Balaban J connectivity index is 1.75. The van der Waals surface area contributed by atoms with Gasteiger partial charge in [0.25, 0.3) is 0 Å². The zero-order valence-corrected chi connectivity index (χ0v) is 16.2. The molecule has 0 unspecified atom stereocenters. The average molecular weight is 393 g/mol. The van der Waals surface area contributed by atoms with Crippen molar-refractivity contribution in [1.29, 1.82) is 0 Å². The molecule has 1 N–H and O–H groups in total. The number of carbonyl (C=O) groups excluding carboxylic acids is 2. The molecule has 138 valence electrons. The van der Waals surface area contributed by atoms with E-state index in [1.165, 1.54) is 6.92 Å². The minimum atomic E-state index is -0.0754. The van der Waals surface area contributed by atoms with E-state index >= 15 is 0 Å². The molecular formula is C20H22Cl2N2O2. The highest BCUT2D eigenvalue weighted by Gasteiger charge is 2.10. The molecule has 0 fully saturated rings. The maximum Gasteiger partial charge on any atom is 0.224 e. The first-order valence-corrected chi connectivity index (χ1v) is 9.21. The Morgan fingerprint density at radius 1 is 0.885 bits per heavy atom. The van der Waals surface area contributed by atoms with Gasteiger partial charge in [0.15, 0.2) is 0 Å². The van der Waals surface area contributed by atoms with Crippen molar-refractivity contribution in [2.75, 3.05) is 19.6 Å². The molecule has 0 aliphatic rings. The number of carbonyl (C=O) groups is 2. The van der Waals surface area contributed by atoms with Gasteiger partial charge in [-0.25, -0.2) is 0 Å². The lowest BCUT2D eigenvalue weighted by molar-refractivity contribution is -0.129. The molecule has 0 saturated carbocycles. The monoisotopic (exact) mass is 392 g/mol. The van der Waals surface area contributed by atoms with Crippen molar-refractivity contribution in [2.45, 2.75) is 19.8 Å².